The molecule has 25 heavy (non-hydrogen) atoms. The van der Waals surface area contributed by atoms with E-state index < -0.39 is 5.41 Å². The Morgan fingerprint density at radius 1 is 1.48 bits per heavy atom. The molecule has 0 amide bonds. The Balaban J connectivity index is 1.90. The summed E-state index contributed by atoms with van der Waals surface area (Å²) >= 11 is 0. The number of Topliss-reactive ketones (excluding diaryl/α,β-unsaturated/α-hetero) is 1. The van der Waals surface area contributed by atoms with Crippen LogP contribution in [0.5, 0.6) is 0 Å². The number of nitrogens with one attached hydrogen (secondary N) is 1. The molecule has 0 radical (unpaired) electrons. The van der Waals surface area contributed by atoms with Gasteiger partial charge in [0.1, 0.15) is 11.9 Å². The van der Waals surface area contributed by atoms with Crippen molar-refractivity contribution >= 4 is 11.7 Å². The van der Waals surface area contributed by atoms with Gasteiger partial charge in [0.05, 0.1) is 12.3 Å². The Hall–Kier alpha value is -2.46. The Morgan fingerprint density at radius 2 is 2.24 bits per heavy atom. The van der Waals surface area contributed by atoms with E-state index in [0.717, 1.165) is 29.8 Å². The molecular formula is C18H21N5O2. The molecule has 3 aliphatic rings. The van der Waals surface area contributed by atoms with E-state index in [-0.39, 0.29) is 29.5 Å². The molecule has 4 atom stereocenters. The molecule has 0 saturated carbocycles. The van der Waals surface area contributed by atoms with Crippen molar-refractivity contribution in [2.24, 2.45) is 23.9 Å². The molecule has 0 fully saturated rings. The molecule has 4 rings (SSSR count). The Bertz CT molecular complexity index is 875. The minimum atomic E-state index is -0.422. The highest BCUT2D eigenvalue weighted by atomic mass is 16.7. The number of nitrogens with zero attached hydrogens (tertiary/aromatic N) is 4. The van der Waals surface area contributed by atoms with Crippen LogP contribution in [0.15, 0.2) is 16.8 Å². The molecule has 0 spiro atoms. The van der Waals surface area contributed by atoms with Crippen LogP contribution in [-0.2, 0) is 28.5 Å². The molecule has 0 bridgehead atoms. The average Bonchev–Trinajstić information content (AvgIpc) is 3.14. The number of aliphatic imine (C=N–C) groups is 1. The van der Waals surface area contributed by atoms with Crippen LogP contribution < -0.4 is 5.48 Å². The molecule has 1 aromatic heterocycles. The van der Waals surface area contributed by atoms with Crippen molar-refractivity contribution in [2.75, 3.05) is 0 Å². The maximum absolute atomic E-state index is 12.4. The van der Waals surface area contributed by atoms with Gasteiger partial charge >= 0.3 is 0 Å². The van der Waals surface area contributed by atoms with Crippen LogP contribution in [0.2, 0.25) is 0 Å². The second kappa shape index (κ2) is 5.27. The third kappa shape index (κ3) is 2.10. The van der Waals surface area contributed by atoms with Gasteiger partial charge in [-0.3, -0.25) is 4.68 Å². The van der Waals surface area contributed by atoms with E-state index in [2.05, 4.69) is 22.2 Å². The summed E-state index contributed by atoms with van der Waals surface area (Å²) in [7, 11) is 1.89. The molecule has 1 N–H and O–H groups in total. The number of ketones is 1. The van der Waals surface area contributed by atoms with Crippen LogP contribution in [-0.4, -0.2) is 27.6 Å². The largest absolute Gasteiger partial charge is 0.384 e. The molecule has 0 saturated heterocycles. The molecule has 7 heteroatoms. The molecular weight excluding hydrogens is 318 g/mol. The van der Waals surface area contributed by atoms with Crippen LogP contribution >= 0.6 is 0 Å². The van der Waals surface area contributed by atoms with Crippen molar-refractivity contribution in [3.8, 4) is 0 Å². The van der Waals surface area contributed by atoms with Gasteiger partial charge in [0.25, 0.3) is 5.90 Å². The number of hydrogen-bond donors (Lipinski definition) is 1. The number of carbonyl (C=O) groups is 1. The zero-order valence-corrected chi connectivity index (χ0v) is 14.8. The second-order valence-electron chi connectivity index (χ2n) is 7.35. The first-order valence-corrected chi connectivity index (χ1v) is 8.58. The average molecular weight is 339 g/mol. The monoisotopic (exact) mass is 339 g/mol. The van der Waals surface area contributed by atoms with E-state index in [4.69, 9.17) is 16.5 Å². The summed E-state index contributed by atoms with van der Waals surface area (Å²) in [5, 5.41) is 4.77. The quantitative estimate of drug-likeness (QED) is 0.793. The SMILES string of the molecule is [C-]#[N+]C1=C[C@]2(C)c3nn(C)c(C4=NC(C)NO4)c3CC[C@H]2[C@H](C)C1=O. The maximum atomic E-state index is 12.4. The van der Waals surface area contributed by atoms with Crippen LogP contribution in [0.1, 0.15) is 44.1 Å². The predicted molar refractivity (Wildman–Crippen MR) is 91.4 cm³/mol. The van der Waals surface area contributed by atoms with E-state index in [9.17, 15) is 4.79 Å². The van der Waals surface area contributed by atoms with Crippen molar-refractivity contribution in [1.29, 1.82) is 0 Å². The lowest BCUT2D eigenvalue weighted by molar-refractivity contribution is -0.121. The van der Waals surface area contributed by atoms with Gasteiger partial charge in [0.2, 0.25) is 5.70 Å². The number of fused-ring (bicyclic) bond motifs is 3. The zero-order valence-electron chi connectivity index (χ0n) is 14.8. The van der Waals surface area contributed by atoms with Crippen molar-refractivity contribution in [3.63, 3.8) is 0 Å². The normalized spacial score (nSPS) is 33.7. The van der Waals surface area contributed by atoms with E-state index in [1.54, 1.807) is 0 Å². The number of allylic oxidation sites excluding steroid dienone is 2. The van der Waals surface area contributed by atoms with E-state index in [0.29, 0.717) is 5.90 Å². The number of aromatic nitrogens is 2. The summed E-state index contributed by atoms with van der Waals surface area (Å²) in [6.45, 7) is 13.3. The summed E-state index contributed by atoms with van der Waals surface area (Å²) in [6.07, 6.45) is 3.45. The molecule has 1 unspecified atom stereocenters. The highest BCUT2D eigenvalue weighted by Crippen LogP contribution is 2.50. The first-order valence-electron chi connectivity index (χ1n) is 8.58. The zero-order chi connectivity index (χ0) is 17.9. The molecule has 0 aromatic carbocycles. The van der Waals surface area contributed by atoms with Gasteiger partial charge < -0.3 is 9.63 Å². The van der Waals surface area contributed by atoms with Crippen LogP contribution in [0.3, 0.4) is 0 Å². The van der Waals surface area contributed by atoms with Gasteiger partial charge in [0, 0.05) is 23.9 Å². The fraction of sp³-hybridized carbons (Fsp3) is 0.556. The molecule has 7 nitrogen and oxygen atoms in total. The third-order valence-corrected chi connectivity index (χ3v) is 5.80. The molecule has 2 aliphatic carbocycles. The maximum Gasteiger partial charge on any atom is 0.260 e. The first kappa shape index (κ1) is 16.0. The van der Waals surface area contributed by atoms with Gasteiger partial charge in [-0.05, 0) is 25.7 Å². The van der Waals surface area contributed by atoms with Crippen LogP contribution in [0, 0.1) is 18.4 Å². The Morgan fingerprint density at radius 3 is 2.88 bits per heavy atom. The van der Waals surface area contributed by atoms with Gasteiger partial charge in [-0.15, -0.1) is 5.48 Å². The molecule has 1 aromatic rings. The van der Waals surface area contributed by atoms with Crippen LogP contribution in [0.25, 0.3) is 4.85 Å². The lowest BCUT2D eigenvalue weighted by atomic mass is 9.58. The summed E-state index contributed by atoms with van der Waals surface area (Å²) in [5.74, 6) is 0.502. The highest BCUT2D eigenvalue weighted by molar-refractivity contribution is 6.00. The fourth-order valence-electron chi connectivity index (χ4n) is 4.56. The predicted octanol–water partition coefficient (Wildman–Crippen LogP) is 1.89. The van der Waals surface area contributed by atoms with Crippen LogP contribution in [0.4, 0.5) is 0 Å². The number of aryl methyl sites for hydroxylation is 1. The summed E-state index contributed by atoms with van der Waals surface area (Å²) in [5.41, 5.74) is 5.59. The Kier molecular flexibility index (Phi) is 3.38. The summed E-state index contributed by atoms with van der Waals surface area (Å²) in [4.78, 5) is 25.9. The third-order valence-electron chi connectivity index (χ3n) is 5.80. The van der Waals surface area contributed by atoms with Gasteiger partial charge in [-0.1, -0.05) is 19.9 Å². The lowest BCUT2D eigenvalue weighted by Crippen LogP contribution is -2.45. The number of hydroxylamine groups is 1. The molecule has 2 heterocycles. The van der Waals surface area contributed by atoms with Crippen molar-refractivity contribution in [2.45, 2.75) is 45.2 Å². The highest BCUT2D eigenvalue weighted by Gasteiger charge is 2.50. The van der Waals surface area contributed by atoms with Crippen molar-refractivity contribution in [3.05, 3.63) is 40.1 Å². The number of hydrogen-bond acceptors (Lipinski definition) is 5. The number of carbonyl (C=O) groups excluding carboxylic acids is 1. The Labute approximate surface area is 146 Å². The van der Waals surface area contributed by atoms with E-state index >= 15 is 0 Å². The van der Waals surface area contributed by atoms with Crippen molar-refractivity contribution in [1.82, 2.24) is 15.3 Å². The van der Waals surface area contributed by atoms with Gasteiger partial charge in [0.15, 0.2) is 5.78 Å². The first-order chi connectivity index (χ1) is 11.9. The topological polar surface area (TPSA) is 72.9 Å². The molecule has 130 valence electrons. The molecule has 1 aliphatic heterocycles. The lowest BCUT2D eigenvalue weighted by Gasteiger charge is -2.44. The van der Waals surface area contributed by atoms with Gasteiger partial charge in [-0.2, -0.15) is 5.10 Å². The second-order valence-corrected chi connectivity index (χ2v) is 7.35. The standard InChI is InChI=1S/C18H21N5O2/c1-9-12-7-6-11-14(17-20-10(2)22-25-17)23(5)21-16(11)18(12,3)8-13(19-4)15(9)24/h8-10,12,22H,6-7H2,1-3,5H3/t9-,10?,12-,18-/m0/s1. The number of rotatable bonds is 1. The summed E-state index contributed by atoms with van der Waals surface area (Å²) < 4.78 is 1.81. The van der Waals surface area contributed by atoms with E-state index in [1.165, 1.54) is 0 Å². The van der Waals surface area contributed by atoms with E-state index in [1.807, 2.05) is 31.7 Å². The van der Waals surface area contributed by atoms with Gasteiger partial charge in [-0.25, -0.2) is 9.84 Å². The van der Waals surface area contributed by atoms with Crippen molar-refractivity contribution < 1.29 is 9.63 Å². The summed E-state index contributed by atoms with van der Waals surface area (Å²) in [6, 6.07) is 0. The minimum absolute atomic E-state index is 0.0430. The smallest absolute Gasteiger partial charge is 0.260 e. The minimum Gasteiger partial charge on any atom is -0.384 e. The fourth-order valence-corrected chi connectivity index (χ4v) is 4.56.